The Kier molecular flexibility index (Phi) is 5.24. The quantitative estimate of drug-likeness (QED) is 0.878. The Morgan fingerprint density at radius 2 is 1.84 bits per heavy atom. The number of aromatic nitrogens is 3. The number of anilines is 1. The normalized spacial score (nSPS) is 16.9. The van der Waals surface area contributed by atoms with Gasteiger partial charge < -0.3 is 10.6 Å². The molecule has 0 saturated carbocycles. The first-order valence-electron chi connectivity index (χ1n) is 8.21. The highest BCUT2D eigenvalue weighted by molar-refractivity contribution is 5.30. The van der Waals surface area contributed by atoms with Gasteiger partial charge in [-0.05, 0) is 17.5 Å². The van der Waals surface area contributed by atoms with Gasteiger partial charge in [-0.3, -0.25) is 10.00 Å². The Hall–Kier alpha value is -2.13. The predicted octanol–water partition coefficient (Wildman–Crippen LogP) is 1.99. The highest BCUT2D eigenvalue weighted by atomic mass is 19.4. The SMILES string of the molecule is NCc1ccccc1CN1CCCN(c2n[nH]c(C(F)(F)F)n2)CC1. The zero-order valence-corrected chi connectivity index (χ0v) is 13.8. The molecule has 0 unspecified atom stereocenters. The van der Waals surface area contributed by atoms with Crippen molar-refractivity contribution in [2.45, 2.75) is 25.7 Å². The molecule has 0 bridgehead atoms. The predicted molar refractivity (Wildman–Crippen MR) is 87.8 cm³/mol. The van der Waals surface area contributed by atoms with Crippen LogP contribution < -0.4 is 10.6 Å². The summed E-state index contributed by atoms with van der Waals surface area (Å²) >= 11 is 0. The third-order valence-electron chi connectivity index (χ3n) is 4.35. The summed E-state index contributed by atoms with van der Waals surface area (Å²) in [5, 5.41) is 5.69. The lowest BCUT2D eigenvalue weighted by Crippen LogP contribution is -2.31. The number of hydrogen-bond acceptors (Lipinski definition) is 5. The number of nitrogens with zero attached hydrogens (tertiary/aromatic N) is 4. The second kappa shape index (κ2) is 7.40. The van der Waals surface area contributed by atoms with Crippen molar-refractivity contribution in [1.29, 1.82) is 0 Å². The largest absolute Gasteiger partial charge is 0.451 e. The number of H-pyrrole nitrogens is 1. The molecule has 1 aliphatic rings. The van der Waals surface area contributed by atoms with Crippen molar-refractivity contribution in [3.63, 3.8) is 0 Å². The minimum atomic E-state index is -4.50. The number of nitrogens with two attached hydrogens (primary N) is 1. The van der Waals surface area contributed by atoms with Crippen molar-refractivity contribution >= 4 is 5.95 Å². The third-order valence-corrected chi connectivity index (χ3v) is 4.35. The second-order valence-corrected chi connectivity index (χ2v) is 6.07. The van der Waals surface area contributed by atoms with Crippen molar-refractivity contribution in [1.82, 2.24) is 20.1 Å². The highest BCUT2D eigenvalue weighted by Gasteiger charge is 2.36. The van der Waals surface area contributed by atoms with E-state index in [1.165, 1.54) is 5.56 Å². The lowest BCUT2D eigenvalue weighted by atomic mass is 10.1. The molecule has 9 heteroatoms. The van der Waals surface area contributed by atoms with Gasteiger partial charge in [0.2, 0.25) is 11.8 Å². The van der Waals surface area contributed by atoms with Crippen LogP contribution in [0.25, 0.3) is 0 Å². The summed E-state index contributed by atoms with van der Waals surface area (Å²) in [7, 11) is 0. The van der Waals surface area contributed by atoms with E-state index in [0.717, 1.165) is 31.6 Å². The maximum absolute atomic E-state index is 12.7. The molecule has 2 heterocycles. The maximum Gasteiger partial charge on any atom is 0.451 e. The van der Waals surface area contributed by atoms with Crippen molar-refractivity contribution in [3.8, 4) is 0 Å². The Morgan fingerprint density at radius 3 is 2.52 bits per heavy atom. The average molecular weight is 354 g/mol. The summed E-state index contributed by atoms with van der Waals surface area (Å²) in [6.07, 6.45) is -3.67. The van der Waals surface area contributed by atoms with Crippen LogP contribution >= 0.6 is 0 Å². The number of benzene rings is 1. The van der Waals surface area contributed by atoms with E-state index in [1.54, 1.807) is 4.90 Å². The Balaban J connectivity index is 1.63. The topological polar surface area (TPSA) is 74.1 Å². The summed E-state index contributed by atoms with van der Waals surface area (Å²) in [5.41, 5.74) is 8.09. The van der Waals surface area contributed by atoms with Crippen LogP contribution in [0.3, 0.4) is 0 Å². The molecule has 0 atom stereocenters. The van der Waals surface area contributed by atoms with Crippen molar-refractivity contribution < 1.29 is 13.2 Å². The van der Waals surface area contributed by atoms with E-state index in [0.29, 0.717) is 19.6 Å². The molecule has 25 heavy (non-hydrogen) atoms. The smallest absolute Gasteiger partial charge is 0.338 e. The number of alkyl halides is 3. The molecule has 0 amide bonds. The Morgan fingerprint density at radius 1 is 1.08 bits per heavy atom. The van der Waals surface area contributed by atoms with Crippen LogP contribution in [0.15, 0.2) is 24.3 Å². The number of nitrogens with one attached hydrogen (secondary N) is 1. The van der Waals surface area contributed by atoms with E-state index in [4.69, 9.17) is 5.73 Å². The fourth-order valence-electron chi connectivity index (χ4n) is 3.00. The van der Waals surface area contributed by atoms with Gasteiger partial charge in [0.05, 0.1) is 0 Å². The lowest BCUT2D eigenvalue weighted by Gasteiger charge is -2.22. The average Bonchev–Trinajstić information content (AvgIpc) is 2.98. The highest BCUT2D eigenvalue weighted by Crippen LogP contribution is 2.27. The van der Waals surface area contributed by atoms with E-state index in [9.17, 15) is 13.2 Å². The number of rotatable bonds is 4. The molecule has 1 aromatic carbocycles. The fraction of sp³-hybridized carbons (Fsp3) is 0.500. The first-order chi connectivity index (χ1) is 12.0. The molecule has 1 saturated heterocycles. The number of aromatic amines is 1. The molecule has 3 N–H and O–H groups in total. The number of halogens is 3. The van der Waals surface area contributed by atoms with Crippen LogP contribution in [0.4, 0.5) is 19.1 Å². The molecule has 1 aromatic heterocycles. The zero-order chi connectivity index (χ0) is 17.9. The minimum absolute atomic E-state index is 0.108. The van der Waals surface area contributed by atoms with Gasteiger partial charge in [-0.25, -0.2) is 0 Å². The van der Waals surface area contributed by atoms with Gasteiger partial charge in [0, 0.05) is 39.3 Å². The summed E-state index contributed by atoms with van der Waals surface area (Å²) in [5.74, 6) is -0.947. The van der Waals surface area contributed by atoms with Gasteiger partial charge >= 0.3 is 6.18 Å². The molecule has 136 valence electrons. The second-order valence-electron chi connectivity index (χ2n) is 6.07. The molecular formula is C16H21F3N6. The molecule has 1 aliphatic heterocycles. The van der Waals surface area contributed by atoms with Crippen LogP contribution in [0.1, 0.15) is 23.4 Å². The molecule has 3 rings (SSSR count). The monoisotopic (exact) mass is 354 g/mol. The van der Waals surface area contributed by atoms with Crippen LogP contribution in [0, 0.1) is 0 Å². The van der Waals surface area contributed by atoms with E-state index >= 15 is 0 Å². The maximum atomic E-state index is 12.7. The zero-order valence-electron chi connectivity index (χ0n) is 13.8. The molecular weight excluding hydrogens is 333 g/mol. The van der Waals surface area contributed by atoms with Crippen molar-refractivity contribution in [2.24, 2.45) is 5.73 Å². The standard InChI is InChI=1S/C16H21F3N6/c17-16(18,19)14-21-15(23-22-14)25-7-3-6-24(8-9-25)11-13-5-2-1-4-12(13)10-20/h1-2,4-5H,3,6-11,20H2,(H,21,22,23). The van der Waals surface area contributed by atoms with E-state index in [-0.39, 0.29) is 5.95 Å². The minimum Gasteiger partial charge on any atom is -0.338 e. The van der Waals surface area contributed by atoms with Gasteiger partial charge in [-0.15, -0.1) is 5.10 Å². The molecule has 2 aromatic rings. The molecule has 0 aliphatic carbocycles. The van der Waals surface area contributed by atoms with Gasteiger partial charge in [0.25, 0.3) is 0 Å². The molecule has 6 nitrogen and oxygen atoms in total. The van der Waals surface area contributed by atoms with Crippen molar-refractivity contribution in [2.75, 3.05) is 31.1 Å². The van der Waals surface area contributed by atoms with Gasteiger partial charge in [0.1, 0.15) is 0 Å². The van der Waals surface area contributed by atoms with Gasteiger partial charge in [-0.2, -0.15) is 18.2 Å². The van der Waals surface area contributed by atoms with Crippen LogP contribution in [-0.2, 0) is 19.3 Å². The Labute approximate surface area is 143 Å². The summed E-state index contributed by atoms with van der Waals surface area (Å²) in [6, 6.07) is 8.05. The van der Waals surface area contributed by atoms with Gasteiger partial charge in [0.15, 0.2) is 0 Å². The molecule has 0 spiro atoms. The lowest BCUT2D eigenvalue weighted by molar-refractivity contribution is -0.144. The van der Waals surface area contributed by atoms with E-state index in [1.807, 2.05) is 23.3 Å². The van der Waals surface area contributed by atoms with Crippen LogP contribution in [0.5, 0.6) is 0 Å². The number of hydrogen-bond donors (Lipinski definition) is 2. The summed E-state index contributed by atoms with van der Waals surface area (Å²) in [4.78, 5) is 7.66. The van der Waals surface area contributed by atoms with Gasteiger partial charge in [-0.1, -0.05) is 24.3 Å². The Bertz CT molecular complexity index is 699. The third kappa shape index (κ3) is 4.29. The fourth-order valence-corrected chi connectivity index (χ4v) is 3.00. The van der Waals surface area contributed by atoms with Crippen molar-refractivity contribution in [3.05, 3.63) is 41.2 Å². The summed E-state index contributed by atoms with van der Waals surface area (Å²) < 4.78 is 38.0. The summed E-state index contributed by atoms with van der Waals surface area (Å²) in [6.45, 7) is 4.08. The van der Waals surface area contributed by atoms with Crippen LogP contribution in [0.2, 0.25) is 0 Å². The molecule has 0 radical (unpaired) electrons. The first kappa shape index (κ1) is 17.7. The van der Waals surface area contributed by atoms with E-state index < -0.39 is 12.0 Å². The first-order valence-corrected chi connectivity index (χ1v) is 8.21. The molecule has 1 fully saturated rings. The van der Waals surface area contributed by atoms with Crippen LogP contribution in [-0.4, -0.2) is 46.3 Å². The van der Waals surface area contributed by atoms with E-state index in [2.05, 4.69) is 21.0 Å².